The van der Waals surface area contributed by atoms with E-state index in [4.69, 9.17) is 39.9 Å². The van der Waals surface area contributed by atoms with Crippen LogP contribution in [0.3, 0.4) is 0 Å². The van der Waals surface area contributed by atoms with Crippen molar-refractivity contribution in [2.75, 3.05) is 32.2 Å². The van der Waals surface area contributed by atoms with Crippen LogP contribution < -0.4 is 25.3 Å². The third-order valence-electron chi connectivity index (χ3n) is 7.92. The summed E-state index contributed by atoms with van der Waals surface area (Å²) < 4.78 is 32.5. The van der Waals surface area contributed by atoms with E-state index in [0.29, 0.717) is 47.5 Å². The van der Waals surface area contributed by atoms with Crippen LogP contribution in [0.2, 0.25) is 5.28 Å². The molecular weight excluding hydrogens is 695 g/mol. The van der Waals surface area contributed by atoms with Gasteiger partial charge in [-0.15, -0.1) is 0 Å². The van der Waals surface area contributed by atoms with Crippen molar-refractivity contribution in [1.29, 1.82) is 0 Å². The van der Waals surface area contributed by atoms with Crippen LogP contribution in [-0.2, 0) is 28.4 Å². The molecule has 0 radical (unpaired) electrons. The van der Waals surface area contributed by atoms with Crippen LogP contribution in [0, 0.1) is 13.8 Å². The molecule has 2 unspecified atom stereocenters. The molecule has 18 heteroatoms. The molecule has 2 aromatic heterocycles. The number of anilines is 1. The summed E-state index contributed by atoms with van der Waals surface area (Å²) in [6.45, 7) is 7.84. The van der Waals surface area contributed by atoms with E-state index in [1.54, 1.807) is 55.3 Å². The van der Waals surface area contributed by atoms with Crippen LogP contribution in [0.4, 0.5) is 5.95 Å². The van der Waals surface area contributed by atoms with E-state index in [-0.39, 0.29) is 35.9 Å². The van der Waals surface area contributed by atoms with Crippen molar-refractivity contribution in [3.05, 3.63) is 76.3 Å². The van der Waals surface area contributed by atoms with Crippen LogP contribution in [0.25, 0.3) is 0 Å². The zero-order valence-electron chi connectivity index (χ0n) is 29.5. The molecule has 0 bridgehead atoms. The first-order chi connectivity index (χ1) is 24.9. The third kappa shape index (κ3) is 9.35. The number of carbonyl (C=O) groups is 2. The molecule has 15 nitrogen and oxygen atoms in total. The minimum Gasteiger partial charge on any atom is -0.466 e. The number of esters is 2. The molecule has 4 aromatic rings. The fourth-order valence-electron chi connectivity index (χ4n) is 5.85. The summed E-state index contributed by atoms with van der Waals surface area (Å²) in [6, 6.07) is 10.2. The summed E-state index contributed by atoms with van der Waals surface area (Å²) in [5.41, 5.74) is 4.40. The van der Waals surface area contributed by atoms with Crippen molar-refractivity contribution in [3.8, 4) is 23.3 Å². The fraction of sp³-hybridized carbons (Fsp3) is 0.353. The highest BCUT2D eigenvalue weighted by Gasteiger charge is 2.39. The Morgan fingerprint density at radius 2 is 1.25 bits per heavy atom. The maximum absolute atomic E-state index is 11.8. The maximum Gasteiger partial charge on any atom is 0.492 e. The topological polar surface area (TPSA) is 185 Å². The molecule has 2 atom stereocenters. The van der Waals surface area contributed by atoms with Crippen molar-refractivity contribution >= 4 is 54.7 Å². The van der Waals surface area contributed by atoms with E-state index in [2.05, 4.69) is 19.9 Å². The van der Waals surface area contributed by atoms with Gasteiger partial charge in [0.1, 0.15) is 11.5 Å². The number of hydrogen-bond donors (Lipinski definition) is 2. The molecule has 0 fully saturated rings. The number of carbonyl (C=O) groups excluding carboxylic acids is 2. The zero-order valence-corrected chi connectivity index (χ0v) is 30.3. The first kappa shape index (κ1) is 38.4. The molecule has 2 N–H and O–H groups in total. The number of rotatable bonds is 11. The minimum atomic E-state index is -1.13. The van der Waals surface area contributed by atoms with E-state index in [1.807, 2.05) is 34.0 Å². The Hall–Kier alpha value is -4.80. The molecule has 2 aliphatic rings. The zero-order chi connectivity index (χ0) is 37.5. The van der Waals surface area contributed by atoms with Gasteiger partial charge in [0.05, 0.1) is 38.3 Å². The predicted octanol–water partition coefficient (Wildman–Crippen LogP) is 3.30. The predicted molar refractivity (Wildman–Crippen MR) is 191 cm³/mol. The van der Waals surface area contributed by atoms with Crippen LogP contribution in [-0.4, -0.2) is 83.5 Å². The van der Waals surface area contributed by atoms with E-state index in [0.717, 1.165) is 22.3 Å². The van der Waals surface area contributed by atoms with Gasteiger partial charge in [-0.1, -0.05) is 0 Å². The second-order valence-electron chi connectivity index (χ2n) is 11.9. The highest BCUT2D eigenvalue weighted by molar-refractivity contribution is 6.62. The van der Waals surface area contributed by atoms with Gasteiger partial charge in [-0.3, -0.25) is 9.59 Å². The largest absolute Gasteiger partial charge is 0.492 e. The molecule has 2 aromatic carbocycles. The SMILES string of the molecule is CCOC(=O)CC1OB(O)c2cc(Oc3ccnc(Cl)n3)cc(C)c21.CCOC(=O)CC1OB(O)c2cc(Oc3ccnc(N(C)C)n3)cc(C)c21. The Balaban J connectivity index is 0.000000202. The van der Waals surface area contributed by atoms with Gasteiger partial charge in [-0.2, -0.15) is 9.97 Å². The number of halogens is 1. The van der Waals surface area contributed by atoms with E-state index < -0.39 is 26.4 Å². The summed E-state index contributed by atoms with van der Waals surface area (Å²) in [5, 5.41) is 20.5. The molecular formula is C34H38B2ClN5O10. The number of ether oxygens (including phenoxy) is 4. The molecule has 0 spiro atoms. The number of fused-ring (bicyclic) bond motifs is 2. The van der Waals surface area contributed by atoms with Gasteiger partial charge in [-0.05, 0) is 96.7 Å². The van der Waals surface area contributed by atoms with Gasteiger partial charge in [0.25, 0.3) is 0 Å². The second-order valence-corrected chi connectivity index (χ2v) is 12.3. The Morgan fingerprint density at radius 1 is 0.788 bits per heavy atom. The van der Waals surface area contributed by atoms with Crippen molar-refractivity contribution in [1.82, 2.24) is 19.9 Å². The first-order valence-corrected chi connectivity index (χ1v) is 16.9. The maximum atomic E-state index is 11.8. The normalized spacial score (nSPS) is 15.6. The third-order valence-corrected chi connectivity index (χ3v) is 8.11. The molecule has 6 rings (SSSR count). The average molecular weight is 734 g/mol. The van der Waals surface area contributed by atoms with Crippen LogP contribution in [0.1, 0.15) is 61.2 Å². The quantitative estimate of drug-likeness (QED) is 0.130. The molecule has 4 heterocycles. The Bertz CT molecular complexity index is 1920. The Labute approximate surface area is 306 Å². The van der Waals surface area contributed by atoms with E-state index >= 15 is 0 Å². The van der Waals surface area contributed by atoms with Crippen LogP contribution >= 0.6 is 11.6 Å². The molecule has 52 heavy (non-hydrogen) atoms. The van der Waals surface area contributed by atoms with Crippen molar-refractivity contribution in [2.24, 2.45) is 0 Å². The van der Waals surface area contributed by atoms with Gasteiger partial charge in [0.15, 0.2) is 0 Å². The summed E-state index contributed by atoms with van der Waals surface area (Å²) in [5.74, 6) is 1.48. The number of nitrogens with zero attached hydrogens (tertiary/aromatic N) is 5. The highest BCUT2D eigenvalue weighted by atomic mass is 35.5. The highest BCUT2D eigenvalue weighted by Crippen LogP contribution is 2.34. The average Bonchev–Trinajstić information content (AvgIpc) is 3.56. The van der Waals surface area contributed by atoms with Crippen LogP contribution in [0.15, 0.2) is 48.8 Å². The fourth-order valence-corrected chi connectivity index (χ4v) is 5.99. The molecule has 272 valence electrons. The lowest BCUT2D eigenvalue weighted by atomic mass is 9.77. The number of hydrogen-bond acceptors (Lipinski definition) is 15. The monoisotopic (exact) mass is 733 g/mol. The van der Waals surface area contributed by atoms with Crippen molar-refractivity contribution in [3.63, 3.8) is 0 Å². The number of benzene rings is 2. The van der Waals surface area contributed by atoms with Gasteiger partial charge in [0, 0.05) is 38.6 Å². The smallest absolute Gasteiger partial charge is 0.466 e. The molecule has 0 aliphatic carbocycles. The van der Waals surface area contributed by atoms with E-state index in [1.165, 1.54) is 6.20 Å². The number of aromatic nitrogens is 4. The molecule has 2 aliphatic heterocycles. The van der Waals surface area contributed by atoms with Gasteiger partial charge < -0.3 is 43.2 Å². The van der Waals surface area contributed by atoms with E-state index in [9.17, 15) is 19.6 Å². The summed E-state index contributed by atoms with van der Waals surface area (Å²) in [7, 11) is 1.43. The first-order valence-electron chi connectivity index (χ1n) is 16.5. The van der Waals surface area contributed by atoms with Crippen molar-refractivity contribution < 1.29 is 47.9 Å². The van der Waals surface area contributed by atoms with Gasteiger partial charge in [-0.25, -0.2) is 9.97 Å². The van der Waals surface area contributed by atoms with Gasteiger partial charge >= 0.3 is 26.2 Å². The number of aryl methyl sites for hydroxylation is 2. The molecule has 0 saturated carbocycles. The van der Waals surface area contributed by atoms with Crippen LogP contribution in [0.5, 0.6) is 23.3 Å². The molecule has 0 saturated heterocycles. The van der Waals surface area contributed by atoms with Crippen molar-refractivity contribution in [2.45, 2.75) is 52.7 Å². The lowest BCUT2D eigenvalue weighted by molar-refractivity contribution is -0.146. The summed E-state index contributed by atoms with van der Waals surface area (Å²) in [6.07, 6.45) is 2.11. The lowest BCUT2D eigenvalue weighted by Crippen LogP contribution is -2.28. The second kappa shape index (κ2) is 17.1. The van der Waals surface area contributed by atoms with Gasteiger partial charge in [0.2, 0.25) is 23.0 Å². The Kier molecular flexibility index (Phi) is 12.7. The molecule has 0 amide bonds. The summed E-state index contributed by atoms with van der Waals surface area (Å²) in [4.78, 5) is 41.5. The lowest BCUT2D eigenvalue weighted by Gasteiger charge is -2.15. The Morgan fingerprint density at radius 3 is 1.69 bits per heavy atom. The standard InChI is InChI=1S/C18H22BN3O5.C16H16BClN2O5/c1-5-25-16(23)10-14-17-11(2)8-12(9-13(17)19(24)27-14)26-15-6-7-20-18(21-15)22(3)4;1-3-23-14(21)8-12-15-9(2)6-10(7-11(15)17(22)25-12)24-13-4-5-19-16(18)20-13/h6-9,14,24H,5,10H2,1-4H3;4-7,12,22H,3,8H2,1-2H3. The minimum absolute atomic E-state index is 0.0421. The summed E-state index contributed by atoms with van der Waals surface area (Å²) >= 11 is 5.75.